The number of likely N-dealkylation sites (N-methyl/N-ethyl adjacent to an activating group) is 1. The molecule has 1 fully saturated rings. The number of carbonyl (C=O) groups is 2. The van der Waals surface area contributed by atoms with E-state index in [2.05, 4.69) is 0 Å². The molecule has 1 N–H and O–H groups in total. The van der Waals surface area contributed by atoms with Crippen molar-refractivity contribution in [1.29, 1.82) is 0 Å². The zero-order valence-electron chi connectivity index (χ0n) is 24.3. The van der Waals surface area contributed by atoms with Gasteiger partial charge >= 0.3 is 0 Å². The van der Waals surface area contributed by atoms with Crippen LogP contribution < -0.4 is 18.5 Å². The fraction of sp³-hybridized carbons (Fsp3) is 0.333. The summed E-state index contributed by atoms with van der Waals surface area (Å²) in [4.78, 5) is 31.4. The van der Waals surface area contributed by atoms with E-state index in [0.717, 1.165) is 4.31 Å². The summed E-state index contributed by atoms with van der Waals surface area (Å²) in [5, 5.41) is 11.2. The molecule has 3 atom stereocenters. The van der Waals surface area contributed by atoms with Gasteiger partial charge in [-0.25, -0.2) is 12.7 Å². The molecule has 228 valence electrons. The average Bonchev–Trinajstić information content (AvgIpc) is 3.50. The van der Waals surface area contributed by atoms with Crippen LogP contribution in [0.3, 0.4) is 0 Å². The molecule has 0 aromatic heterocycles. The summed E-state index contributed by atoms with van der Waals surface area (Å²) >= 11 is 6.52. The number of hydrogen-bond acceptors (Lipinski definition) is 9. The summed E-state index contributed by atoms with van der Waals surface area (Å²) < 4.78 is 46.1. The van der Waals surface area contributed by atoms with Crippen LogP contribution in [0, 0.1) is 0 Å². The van der Waals surface area contributed by atoms with E-state index in [9.17, 15) is 18.3 Å². The number of anilines is 1. The van der Waals surface area contributed by atoms with Crippen LogP contribution in [0.15, 0.2) is 65.6 Å². The molecular formula is C30H32ClN3O8S. The van der Waals surface area contributed by atoms with Crippen molar-refractivity contribution in [3.8, 4) is 17.2 Å². The topological polar surface area (TPSA) is 126 Å². The number of nitrogens with zero attached hydrogens (tertiary/aromatic N) is 3. The molecule has 2 heterocycles. The Morgan fingerprint density at radius 3 is 2.33 bits per heavy atom. The Morgan fingerprint density at radius 1 is 0.977 bits per heavy atom. The molecule has 0 saturated carbocycles. The van der Waals surface area contributed by atoms with Crippen LogP contribution in [0.5, 0.6) is 17.2 Å². The van der Waals surface area contributed by atoms with Crippen LogP contribution in [-0.2, 0) is 25.2 Å². The number of hydrogen-bond donors (Lipinski definition) is 1. The van der Waals surface area contributed by atoms with Crippen molar-refractivity contribution in [2.24, 2.45) is 0 Å². The third kappa shape index (κ3) is 4.69. The predicted octanol–water partition coefficient (Wildman–Crippen LogP) is 2.87. The van der Waals surface area contributed by atoms with Crippen molar-refractivity contribution in [3.63, 3.8) is 0 Å². The maximum absolute atomic E-state index is 15.2. The zero-order chi connectivity index (χ0) is 31.3. The third-order valence-corrected chi connectivity index (χ3v) is 9.85. The molecule has 3 aromatic carbocycles. The van der Waals surface area contributed by atoms with E-state index in [4.69, 9.17) is 25.8 Å². The first-order valence-corrected chi connectivity index (χ1v) is 15.2. The maximum atomic E-state index is 15.2. The maximum Gasteiger partial charge on any atom is 0.274 e. The molecule has 0 radical (unpaired) electrons. The first kappa shape index (κ1) is 30.6. The van der Waals surface area contributed by atoms with Gasteiger partial charge in [0.05, 0.1) is 39.2 Å². The van der Waals surface area contributed by atoms with E-state index in [-0.39, 0.29) is 57.1 Å². The highest BCUT2D eigenvalue weighted by molar-refractivity contribution is 7.93. The Labute approximate surface area is 255 Å². The number of aliphatic hydroxyl groups excluding tert-OH is 1. The van der Waals surface area contributed by atoms with Crippen molar-refractivity contribution in [2.45, 2.75) is 29.0 Å². The zero-order valence-corrected chi connectivity index (χ0v) is 25.8. The van der Waals surface area contributed by atoms with Crippen LogP contribution in [0.2, 0.25) is 5.02 Å². The summed E-state index contributed by atoms with van der Waals surface area (Å²) in [5.41, 5.74) is -1.39. The lowest BCUT2D eigenvalue weighted by Crippen LogP contribution is -2.59. The molecule has 13 heteroatoms. The Hall–Kier alpha value is -3.84. The standard InChI is InChI=1S/C30H32ClN3O8S/c1-32(2)28(36)24-15-19(35)17-33(24)30(21-8-6-7-9-25(21)41-4)22-14-18(31)10-12-23(22)34(29(30)37)43(38,39)27-13-11-20(40-3)16-26(27)42-5/h6-14,16,19,24,35H,15,17H2,1-5H3/t19?,24?,30-/m1/s1. The molecule has 0 spiro atoms. The highest BCUT2D eigenvalue weighted by Gasteiger charge is 2.64. The minimum Gasteiger partial charge on any atom is -0.497 e. The quantitative estimate of drug-likeness (QED) is 0.400. The number of rotatable bonds is 8. The Kier molecular flexibility index (Phi) is 8.07. The molecule has 2 amide bonds. The molecule has 5 rings (SSSR count). The van der Waals surface area contributed by atoms with Gasteiger partial charge < -0.3 is 24.2 Å². The second-order valence-electron chi connectivity index (χ2n) is 10.5. The molecule has 1 saturated heterocycles. The first-order chi connectivity index (χ1) is 20.4. The summed E-state index contributed by atoms with van der Waals surface area (Å²) in [6.07, 6.45) is -0.959. The van der Waals surface area contributed by atoms with Gasteiger partial charge in [-0.05, 0) is 42.8 Å². The highest BCUT2D eigenvalue weighted by Crippen LogP contribution is 2.55. The van der Waals surface area contributed by atoms with Gasteiger partial charge in [0, 0.05) is 42.9 Å². The van der Waals surface area contributed by atoms with E-state index in [1.54, 1.807) is 43.3 Å². The Bertz CT molecular complexity index is 1700. The molecular weight excluding hydrogens is 598 g/mol. The monoisotopic (exact) mass is 629 g/mol. The summed E-state index contributed by atoms with van der Waals surface area (Å²) in [6.45, 7) is -0.111. The number of carbonyl (C=O) groups excluding carboxylic acids is 2. The number of sulfonamides is 1. The van der Waals surface area contributed by atoms with Gasteiger partial charge in [-0.2, -0.15) is 0 Å². The molecule has 2 unspecified atom stereocenters. The van der Waals surface area contributed by atoms with Crippen LogP contribution in [-0.4, -0.2) is 89.3 Å². The Balaban J connectivity index is 1.86. The summed E-state index contributed by atoms with van der Waals surface area (Å²) in [6, 6.07) is 14.3. The molecule has 3 aromatic rings. The molecule has 11 nitrogen and oxygen atoms in total. The van der Waals surface area contributed by atoms with Gasteiger partial charge in [-0.1, -0.05) is 29.8 Å². The van der Waals surface area contributed by atoms with Crippen LogP contribution in [0.25, 0.3) is 0 Å². The lowest BCUT2D eigenvalue weighted by atomic mass is 9.80. The second-order valence-corrected chi connectivity index (χ2v) is 12.6. The minimum atomic E-state index is -4.64. The van der Waals surface area contributed by atoms with Crippen LogP contribution >= 0.6 is 11.6 Å². The fourth-order valence-corrected chi connectivity index (χ4v) is 7.80. The van der Waals surface area contributed by atoms with Gasteiger partial charge in [0.15, 0.2) is 5.54 Å². The smallest absolute Gasteiger partial charge is 0.274 e. The lowest BCUT2D eigenvalue weighted by Gasteiger charge is -2.42. The molecule has 0 aliphatic carbocycles. The number of para-hydroxylation sites is 1. The predicted molar refractivity (Wildman–Crippen MR) is 159 cm³/mol. The normalized spacial score (nSPS) is 21.9. The molecule has 2 aliphatic rings. The molecule has 2 aliphatic heterocycles. The van der Waals surface area contributed by atoms with Crippen LogP contribution in [0.4, 0.5) is 5.69 Å². The average molecular weight is 630 g/mol. The number of amides is 2. The van der Waals surface area contributed by atoms with E-state index < -0.39 is 33.6 Å². The van der Waals surface area contributed by atoms with Crippen molar-refractivity contribution >= 4 is 39.1 Å². The van der Waals surface area contributed by atoms with Crippen molar-refractivity contribution in [2.75, 3.05) is 46.3 Å². The lowest BCUT2D eigenvalue weighted by molar-refractivity contribution is -0.138. The number of ether oxygens (including phenoxy) is 3. The fourth-order valence-electron chi connectivity index (χ4n) is 6.02. The largest absolute Gasteiger partial charge is 0.497 e. The van der Waals surface area contributed by atoms with Crippen molar-refractivity contribution < 1.29 is 37.3 Å². The molecule has 0 bridgehead atoms. The number of halogens is 1. The molecule has 43 heavy (non-hydrogen) atoms. The summed E-state index contributed by atoms with van der Waals surface area (Å²) in [7, 11) is 2.70. The number of aliphatic hydroxyl groups is 1. The van der Waals surface area contributed by atoms with Crippen LogP contribution in [0.1, 0.15) is 17.5 Å². The Morgan fingerprint density at radius 2 is 1.67 bits per heavy atom. The number of β-amino-alcohol motifs (C(OH)–C–C–N with tert-alkyl or cyclic N) is 1. The van der Waals surface area contributed by atoms with Crippen molar-refractivity contribution in [1.82, 2.24) is 9.80 Å². The van der Waals surface area contributed by atoms with Gasteiger partial charge in [-0.15, -0.1) is 0 Å². The van der Waals surface area contributed by atoms with Gasteiger partial charge in [0.1, 0.15) is 22.1 Å². The first-order valence-electron chi connectivity index (χ1n) is 13.3. The number of benzene rings is 3. The second kappa shape index (κ2) is 11.3. The van der Waals surface area contributed by atoms with E-state index in [0.29, 0.717) is 5.75 Å². The number of fused-ring (bicyclic) bond motifs is 1. The van der Waals surface area contributed by atoms with Gasteiger partial charge in [0.2, 0.25) is 5.91 Å². The van der Waals surface area contributed by atoms with Gasteiger partial charge in [-0.3, -0.25) is 14.5 Å². The third-order valence-electron chi connectivity index (χ3n) is 7.88. The van der Waals surface area contributed by atoms with Crippen molar-refractivity contribution in [3.05, 3.63) is 76.8 Å². The minimum absolute atomic E-state index is 0.0240. The van der Waals surface area contributed by atoms with Gasteiger partial charge in [0.25, 0.3) is 15.9 Å². The van der Waals surface area contributed by atoms with E-state index in [1.165, 1.54) is 62.6 Å². The number of methoxy groups -OCH3 is 3. The highest BCUT2D eigenvalue weighted by atomic mass is 35.5. The van der Waals surface area contributed by atoms with E-state index in [1.807, 2.05) is 0 Å². The SMILES string of the molecule is COc1ccc(S(=O)(=O)N2C(=O)[C@](c3ccccc3OC)(N3CC(O)CC3C(=O)N(C)C)c3cc(Cl)ccc32)c(OC)c1. The summed E-state index contributed by atoms with van der Waals surface area (Å²) in [5.74, 6) is -0.650. The number of likely N-dealkylation sites (tertiary alicyclic amines) is 1. The van der Waals surface area contributed by atoms with E-state index >= 15 is 4.79 Å².